The number of nitrogens with one attached hydrogen (secondary N) is 2. The molecule has 1 aliphatic carbocycles. The number of anilines is 1. The van der Waals surface area contributed by atoms with Crippen LogP contribution in [0.15, 0.2) is 53.9 Å². The summed E-state index contributed by atoms with van der Waals surface area (Å²) < 4.78 is 5.52. The van der Waals surface area contributed by atoms with E-state index in [-0.39, 0.29) is 29.8 Å². The first kappa shape index (κ1) is 24.4. The van der Waals surface area contributed by atoms with Gasteiger partial charge in [0.25, 0.3) is 5.91 Å². The SMILES string of the molecule is CC(C)(C)C(CC(=O)O)NC(=O)c1csc(NC(=O)OCC2c3ccccc3-c3ccccc32)n1. The molecule has 0 spiro atoms. The summed E-state index contributed by atoms with van der Waals surface area (Å²) >= 11 is 1.09. The predicted molar refractivity (Wildman–Crippen MR) is 134 cm³/mol. The third-order valence-electron chi connectivity index (χ3n) is 6.02. The molecule has 1 aliphatic rings. The second-order valence-corrected chi connectivity index (χ2v) is 10.3. The normalized spacial score (nSPS) is 13.5. The average Bonchev–Trinajstić information content (AvgIpc) is 3.39. The third kappa shape index (κ3) is 5.51. The highest BCUT2D eigenvalue weighted by atomic mass is 32.1. The van der Waals surface area contributed by atoms with E-state index in [9.17, 15) is 14.4 Å². The quantitative estimate of drug-likeness (QED) is 0.420. The number of hydrogen-bond donors (Lipinski definition) is 3. The number of amides is 2. The van der Waals surface area contributed by atoms with E-state index in [4.69, 9.17) is 9.84 Å². The molecule has 1 heterocycles. The van der Waals surface area contributed by atoms with Gasteiger partial charge in [0.15, 0.2) is 5.13 Å². The Labute approximate surface area is 207 Å². The fraction of sp³-hybridized carbons (Fsp3) is 0.308. The van der Waals surface area contributed by atoms with Crippen molar-refractivity contribution in [2.45, 2.75) is 39.2 Å². The Hall–Kier alpha value is -3.72. The molecule has 1 aromatic heterocycles. The molecular formula is C26H27N3O5S. The maximum absolute atomic E-state index is 12.6. The Balaban J connectivity index is 1.37. The lowest BCUT2D eigenvalue weighted by molar-refractivity contribution is -0.138. The number of carbonyl (C=O) groups is 3. The van der Waals surface area contributed by atoms with Crippen molar-refractivity contribution in [1.29, 1.82) is 0 Å². The second-order valence-electron chi connectivity index (χ2n) is 9.48. The van der Waals surface area contributed by atoms with Gasteiger partial charge in [0.2, 0.25) is 0 Å². The summed E-state index contributed by atoms with van der Waals surface area (Å²) in [6, 6.07) is 15.6. The van der Waals surface area contributed by atoms with Crippen LogP contribution < -0.4 is 10.6 Å². The van der Waals surface area contributed by atoms with Crippen molar-refractivity contribution in [1.82, 2.24) is 10.3 Å². The van der Waals surface area contributed by atoms with Crippen molar-refractivity contribution in [2.24, 2.45) is 5.41 Å². The molecule has 182 valence electrons. The lowest BCUT2D eigenvalue weighted by Crippen LogP contribution is -2.45. The number of rotatable bonds is 7. The first-order valence-electron chi connectivity index (χ1n) is 11.2. The molecule has 35 heavy (non-hydrogen) atoms. The number of ether oxygens (including phenoxy) is 1. The largest absolute Gasteiger partial charge is 0.481 e. The fourth-order valence-corrected chi connectivity index (χ4v) is 4.81. The summed E-state index contributed by atoms with van der Waals surface area (Å²) in [7, 11) is 0. The maximum atomic E-state index is 12.6. The van der Waals surface area contributed by atoms with Gasteiger partial charge >= 0.3 is 12.1 Å². The molecule has 3 N–H and O–H groups in total. The van der Waals surface area contributed by atoms with Crippen LogP contribution in [0.5, 0.6) is 0 Å². The number of thiazole rings is 1. The zero-order valence-electron chi connectivity index (χ0n) is 19.7. The monoisotopic (exact) mass is 493 g/mol. The van der Waals surface area contributed by atoms with E-state index in [1.54, 1.807) is 0 Å². The highest BCUT2D eigenvalue weighted by Gasteiger charge is 2.30. The molecule has 0 saturated heterocycles. The second kappa shape index (κ2) is 9.87. The van der Waals surface area contributed by atoms with Crippen LogP contribution in [0, 0.1) is 5.41 Å². The molecular weight excluding hydrogens is 466 g/mol. The van der Waals surface area contributed by atoms with Crippen LogP contribution in [0.25, 0.3) is 11.1 Å². The Bertz CT molecular complexity index is 1220. The van der Waals surface area contributed by atoms with E-state index < -0.39 is 29.4 Å². The minimum atomic E-state index is -0.999. The number of carboxylic acids is 1. The van der Waals surface area contributed by atoms with Crippen LogP contribution in [0.4, 0.5) is 9.93 Å². The third-order valence-corrected chi connectivity index (χ3v) is 6.78. The number of hydrogen-bond acceptors (Lipinski definition) is 6. The molecule has 2 amide bonds. The van der Waals surface area contributed by atoms with Crippen molar-refractivity contribution in [3.8, 4) is 11.1 Å². The summed E-state index contributed by atoms with van der Waals surface area (Å²) in [6.07, 6.45) is -0.865. The standard InChI is InChI=1S/C26H27N3O5S/c1-26(2,3)21(12-22(30)31)28-23(32)20-14-35-24(27-20)29-25(33)34-13-19-17-10-6-4-8-15(17)16-9-5-7-11-18(16)19/h4-11,14,19,21H,12-13H2,1-3H3,(H,28,32)(H,30,31)(H,27,29,33). The van der Waals surface area contributed by atoms with Gasteiger partial charge in [0.05, 0.1) is 6.42 Å². The summed E-state index contributed by atoms with van der Waals surface area (Å²) in [5.41, 5.74) is 4.16. The Morgan fingerprint density at radius 2 is 1.66 bits per heavy atom. The van der Waals surface area contributed by atoms with Gasteiger partial charge in [-0.3, -0.25) is 14.9 Å². The number of aliphatic carboxylic acids is 1. The van der Waals surface area contributed by atoms with E-state index in [0.29, 0.717) is 0 Å². The van der Waals surface area contributed by atoms with Gasteiger partial charge in [-0.25, -0.2) is 9.78 Å². The molecule has 4 rings (SSSR count). The lowest BCUT2D eigenvalue weighted by atomic mass is 9.84. The molecule has 0 saturated carbocycles. The lowest BCUT2D eigenvalue weighted by Gasteiger charge is -2.30. The van der Waals surface area contributed by atoms with Crippen LogP contribution in [0.2, 0.25) is 0 Å². The van der Waals surface area contributed by atoms with E-state index >= 15 is 0 Å². The zero-order chi connectivity index (χ0) is 25.2. The highest BCUT2D eigenvalue weighted by Crippen LogP contribution is 2.44. The van der Waals surface area contributed by atoms with Gasteiger partial charge in [0, 0.05) is 17.3 Å². The molecule has 0 fully saturated rings. The Morgan fingerprint density at radius 3 is 2.23 bits per heavy atom. The van der Waals surface area contributed by atoms with Crippen LogP contribution in [-0.2, 0) is 9.53 Å². The summed E-state index contributed by atoms with van der Waals surface area (Å²) in [4.78, 5) is 40.4. The molecule has 2 aromatic carbocycles. The van der Waals surface area contributed by atoms with Crippen molar-refractivity contribution >= 4 is 34.4 Å². The van der Waals surface area contributed by atoms with Crippen molar-refractivity contribution in [3.63, 3.8) is 0 Å². The zero-order valence-corrected chi connectivity index (χ0v) is 20.5. The Morgan fingerprint density at radius 1 is 1.06 bits per heavy atom. The van der Waals surface area contributed by atoms with Crippen molar-refractivity contribution < 1.29 is 24.2 Å². The molecule has 1 atom stereocenters. The van der Waals surface area contributed by atoms with E-state index in [2.05, 4.69) is 27.8 Å². The average molecular weight is 494 g/mol. The van der Waals surface area contributed by atoms with Gasteiger partial charge in [-0.2, -0.15) is 0 Å². The Kier molecular flexibility index (Phi) is 6.88. The van der Waals surface area contributed by atoms with E-state index in [1.807, 2.05) is 57.2 Å². The van der Waals surface area contributed by atoms with Crippen molar-refractivity contribution in [2.75, 3.05) is 11.9 Å². The molecule has 8 nitrogen and oxygen atoms in total. The minimum absolute atomic E-state index is 0.0608. The van der Waals surface area contributed by atoms with Crippen LogP contribution >= 0.6 is 11.3 Å². The van der Waals surface area contributed by atoms with Gasteiger partial charge in [-0.1, -0.05) is 69.3 Å². The van der Waals surface area contributed by atoms with Crippen LogP contribution in [0.1, 0.15) is 54.7 Å². The molecule has 1 unspecified atom stereocenters. The van der Waals surface area contributed by atoms with Gasteiger partial charge in [-0.15, -0.1) is 11.3 Å². The van der Waals surface area contributed by atoms with E-state index in [0.717, 1.165) is 33.6 Å². The first-order chi connectivity index (χ1) is 16.6. The van der Waals surface area contributed by atoms with Gasteiger partial charge in [0.1, 0.15) is 12.3 Å². The summed E-state index contributed by atoms with van der Waals surface area (Å²) in [5, 5.41) is 16.2. The topological polar surface area (TPSA) is 118 Å². The number of carbonyl (C=O) groups excluding carboxylic acids is 2. The van der Waals surface area contributed by atoms with Crippen LogP contribution in [0.3, 0.4) is 0 Å². The molecule has 3 aromatic rings. The molecule has 0 aliphatic heterocycles. The summed E-state index contributed by atoms with van der Waals surface area (Å²) in [6.45, 7) is 5.73. The van der Waals surface area contributed by atoms with Crippen LogP contribution in [-0.4, -0.2) is 40.7 Å². The first-order valence-corrected chi connectivity index (χ1v) is 12.1. The van der Waals surface area contributed by atoms with Gasteiger partial charge in [-0.05, 0) is 27.7 Å². The fourth-order valence-electron chi connectivity index (χ4n) is 4.14. The van der Waals surface area contributed by atoms with Crippen molar-refractivity contribution in [3.05, 3.63) is 70.7 Å². The number of benzene rings is 2. The summed E-state index contributed by atoms with van der Waals surface area (Å²) in [5.74, 6) is -1.56. The van der Waals surface area contributed by atoms with E-state index in [1.165, 1.54) is 5.38 Å². The number of fused-ring (bicyclic) bond motifs is 3. The maximum Gasteiger partial charge on any atom is 0.413 e. The number of nitrogens with zero attached hydrogens (tertiary/aromatic N) is 1. The minimum Gasteiger partial charge on any atom is -0.481 e. The molecule has 9 heteroatoms. The number of aromatic nitrogens is 1. The number of carboxylic acid groups (broad SMARTS) is 1. The van der Waals surface area contributed by atoms with Gasteiger partial charge < -0.3 is 15.2 Å². The predicted octanol–water partition coefficient (Wildman–Crippen LogP) is 5.12. The molecule has 0 radical (unpaired) electrons. The smallest absolute Gasteiger partial charge is 0.413 e. The highest BCUT2D eigenvalue weighted by molar-refractivity contribution is 7.14. The molecule has 0 bridgehead atoms.